The molecule has 1 aromatic carbocycles. The zero-order valence-electron chi connectivity index (χ0n) is 10.7. The van der Waals surface area contributed by atoms with Crippen molar-refractivity contribution in [3.05, 3.63) is 35.4 Å². The molecule has 0 radical (unpaired) electrons. The summed E-state index contributed by atoms with van der Waals surface area (Å²) in [5, 5.41) is 3.46. The van der Waals surface area contributed by atoms with Crippen LogP contribution in [0.1, 0.15) is 49.8 Å². The van der Waals surface area contributed by atoms with E-state index in [1.165, 1.54) is 24.0 Å². The number of rotatable bonds is 2. The quantitative estimate of drug-likeness (QED) is 0.845. The van der Waals surface area contributed by atoms with Crippen LogP contribution in [0.3, 0.4) is 0 Å². The zero-order chi connectivity index (χ0) is 11.9. The lowest BCUT2D eigenvalue weighted by molar-refractivity contribution is -0.0958. The van der Waals surface area contributed by atoms with Gasteiger partial charge in [-0.05, 0) is 43.7 Å². The first-order valence-electron chi connectivity index (χ1n) is 6.62. The van der Waals surface area contributed by atoms with E-state index in [0.29, 0.717) is 0 Å². The average molecular weight is 231 g/mol. The lowest BCUT2D eigenvalue weighted by Gasteiger charge is -2.37. The Balaban J connectivity index is 1.80. The van der Waals surface area contributed by atoms with Crippen molar-refractivity contribution in [2.45, 2.75) is 44.3 Å². The van der Waals surface area contributed by atoms with Crippen molar-refractivity contribution < 1.29 is 4.74 Å². The summed E-state index contributed by atoms with van der Waals surface area (Å²) in [6.07, 6.45) is 2.93. The van der Waals surface area contributed by atoms with Gasteiger partial charge in [0, 0.05) is 13.1 Å². The molecule has 1 saturated carbocycles. The SMILES string of the molecule is CC1(C)CNCC(c2cccc(C3CC3)c2)O1. The lowest BCUT2D eigenvalue weighted by Crippen LogP contribution is -2.46. The van der Waals surface area contributed by atoms with E-state index < -0.39 is 0 Å². The zero-order valence-corrected chi connectivity index (χ0v) is 10.7. The monoisotopic (exact) mass is 231 g/mol. The molecular weight excluding hydrogens is 210 g/mol. The molecule has 1 atom stereocenters. The van der Waals surface area contributed by atoms with Crippen molar-refractivity contribution in [1.29, 1.82) is 0 Å². The summed E-state index contributed by atoms with van der Waals surface area (Å²) in [5.74, 6) is 0.819. The van der Waals surface area contributed by atoms with Crippen LogP contribution in [-0.2, 0) is 4.74 Å². The Bertz CT molecular complexity index is 409. The van der Waals surface area contributed by atoms with E-state index in [4.69, 9.17) is 4.74 Å². The molecule has 0 amide bonds. The van der Waals surface area contributed by atoms with Gasteiger partial charge in [-0.3, -0.25) is 0 Å². The number of ether oxygens (including phenoxy) is 1. The predicted octanol–water partition coefficient (Wildman–Crippen LogP) is 3.00. The highest BCUT2D eigenvalue weighted by Gasteiger charge is 2.30. The normalized spacial score (nSPS) is 28.0. The van der Waals surface area contributed by atoms with Crippen LogP contribution in [0, 0.1) is 0 Å². The van der Waals surface area contributed by atoms with Gasteiger partial charge in [0.2, 0.25) is 0 Å². The van der Waals surface area contributed by atoms with Crippen LogP contribution in [-0.4, -0.2) is 18.7 Å². The van der Waals surface area contributed by atoms with Gasteiger partial charge < -0.3 is 10.1 Å². The molecule has 0 spiro atoms. The molecule has 2 fully saturated rings. The van der Waals surface area contributed by atoms with Gasteiger partial charge in [-0.15, -0.1) is 0 Å². The van der Waals surface area contributed by atoms with Crippen LogP contribution in [0.5, 0.6) is 0 Å². The fourth-order valence-corrected chi connectivity index (χ4v) is 2.59. The summed E-state index contributed by atoms with van der Waals surface area (Å²) >= 11 is 0. The summed E-state index contributed by atoms with van der Waals surface area (Å²) in [6.45, 7) is 6.16. The molecule has 1 saturated heterocycles. The topological polar surface area (TPSA) is 21.3 Å². The molecule has 1 heterocycles. The summed E-state index contributed by atoms with van der Waals surface area (Å²) < 4.78 is 6.15. The molecule has 0 aromatic heterocycles. The second kappa shape index (κ2) is 4.11. The van der Waals surface area contributed by atoms with Crippen molar-refractivity contribution >= 4 is 0 Å². The maximum atomic E-state index is 6.15. The van der Waals surface area contributed by atoms with Crippen LogP contribution in [0.2, 0.25) is 0 Å². The van der Waals surface area contributed by atoms with Crippen LogP contribution in [0.15, 0.2) is 24.3 Å². The molecular formula is C15H21NO. The molecule has 1 unspecified atom stereocenters. The van der Waals surface area contributed by atoms with Gasteiger partial charge in [0.1, 0.15) is 0 Å². The number of hydrogen-bond acceptors (Lipinski definition) is 2. The minimum absolute atomic E-state index is 0.0570. The summed E-state index contributed by atoms with van der Waals surface area (Å²) in [7, 11) is 0. The van der Waals surface area contributed by atoms with Gasteiger partial charge >= 0.3 is 0 Å². The van der Waals surface area contributed by atoms with Gasteiger partial charge in [0.25, 0.3) is 0 Å². The fourth-order valence-electron chi connectivity index (χ4n) is 2.59. The van der Waals surface area contributed by atoms with Crippen molar-refractivity contribution in [3.8, 4) is 0 Å². The maximum absolute atomic E-state index is 6.15. The Morgan fingerprint density at radius 2 is 2.00 bits per heavy atom. The molecule has 1 aliphatic heterocycles. The average Bonchev–Trinajstić information content (AvgIpc) is 3.12. The van der Waals surface area contributed by atoms with E-state index in [0.717, 1.165) is 19.0 Å². The Labute approximate surface area is 103 Å². The first-order chi connectivity index (χ1) is 8.14. The molecule has 2 heteroatoms. The largest absolute Gasteiger partial charge is 0.365 e. The third kappa shape index (κ3) is 2.53. The van der Waals surface area contributed by atoms with Gasteiger partial charge in [0.05, 0.1) is 11.7 Å². The van der Waals surface area contributed by atoms with Gasteiger partial charge in [0.15, 0.2) is 0 Å². The van der Waals surface area contributed by atoms with E-state index in [-0.39, 0.29) is 11.7 Å². The Hall–Kier alpha value is -0.860. The Morgan fingerprint density at radius 1 is 1.24 bits per heavy atom. The number of hydrogen-bond donors (Lipinski definition) is 1. The first kappa shape index (κ1) is 11.2. The van der Waals surface area contributed by atoms with E-state index in [1.54, 1.807) is 0 Å². The molecule has 0 bridgehead atoms. The number of morpholine rings is 1. The van der Waals surface area contributed by atoms with E-state index >= 15 is 0 Å². The molecule has 92 valence electrons. The Morgan fingerprint density at radius 3 is 2.71 bits per heavy atom. The molecule has 1 aliphatic carbocycles. The highest BCUT2D eigenvalue weighted by molar-refractivity contribution is 5.30. The van der Waals surface area contributed by atoms with Gasteiger partial charge in [-0.2, -0.15) is 0 Å². The highest BCUT2D eigenvalue weighted by atomic mass is 16.5. The van der Waals surface area contributed by atoms with Crippen molar-refractivity contribution in [1.82, 2.24) is 5.32 Å². The number of nitrogens with one attached hydrogen (secondary N) is 1. The second-order valence-corrected chi connectivity index (χ2v) is 5.94. The third-order valence-electron chi connectivity index (χ3n) is 3.67. The lowest BCUT2D eigenvalue weighted by atomic mass is 10.00. The summed E-state index contributed by atoms with van der Waals surface area (Å²) in [5.41, 5.74) is 2.77. The molecule has 1 N–H and O–H groups in total. The minimum atomic E-state index is -0.0570. The summed E-state index contributed by atoms with van der Waals surface area (Å²) in [6, 6.07) is 8.96. The smallest absolute Gasteiger partial charge is 0.0957 e. The van der Waals surface area contributed by atoms with E-state index in [2.05, 4.69) is 43.4 Å². The van der Waals surface area contributed by atoms with Crippen LogP contribution in [0.25, 0.3) is 0 Å². The fraction of sp³-hybridized carbons (Fsp3) is 0.600. The van der Waals surface area contributed by atoms with Crippen molar-refractivity contribution in [2.24, 2.45) is 0 Å². The van der Waals surface area contributed by atoms with Gasteiger partial charge in [-0.25, -0.2) is 0 Å². The van der Waals surface area contributed by atoms with Crippen LogP contribution in [0.4, 0.5) is 0 Å². The number of benzene rings is 1. The summed E-state index contributed by atoms with van der Waals surface area (Å²) in [4.78, 5) is 0. The van der Waals surface area contributed by atoms with E-state index in [1.807, 2.05) is 0 Å². The predicted molar refractivity (Wildman–Crippen MR) is 69.2 cm³/mol. The van der Waals surface area contributed by atoms with Crippen molar-refractivity contribution in [2.75, 3.05) is 13.1 Å². The second-order valence-electron chi connectivity index (χ2n) is 5.94. The first-order valence-corrected chi connectivity index (χ1v) is 6.62. The standard InChI is InChI=1S/C15H21NO/c1-15(2)10-16-9-14(17-15)13-5-3-4-12(8-13)11-6-7-11/h3-5,8,11,14,16H,6-7,9-10H2,1-2H3. The Kier molecular flexibility index (Phi) is 2.72. The third-order valence-corrected chi connectivity index (χ3v) is 3.67. The molecule has 2 aliphatic rings. The van der Waals surface area contributed by atoms with Gasteiger partial charge in [-0.1, -0.05) is 24.3 Å². The molecule has 17 heavy (non-hydrogen) atoms. The van der Waals surface area contributed by atoms with Crippen molar-refractivity contribution in [3.63, 3.8) is 0 Å². The highest BCUT2D eigenvalue weighted by Crippen LogP contribution is 2.41. The van der Waals surface area contributed by atoms with Crippen LogP contribution >= 0.6 is 0 Å². The molecule has 3 rings (SSSR count). The van der Waals surface area contributed by atoms with Crippen LogP contribution < -0.4 is 5.32 Å². The maximum Gasteiger partial charge on any atom is 0.0957 e. The van der Waals surface area contributed by atoms with E-state index in [9.17, 15) is 0 Å². The molecule has 1 aromatic rings. The minimum Gasteiger partial charge on any atom is -0.365 e. The molecule has 2 nitrogen and oxygen atoms in total.